The maximum Gasteiger partial charge on any atom is 0.190 e. The van der Waals surface area contributed by atoms with Crippen LogP contribution in [0.15, 0.2) is 23.1 Å². The fourth-order valence-corrected chi connectivity index (χ4v) is 2.55. The number of thiol groups is 1. The van der Waals surface area contributed by atoms with Crippen molar-refractivity contribution in [3.63, 3.8) is 0 Å². The number of hydrogen-bond acceptors (Lipinski definition) is 3. The first-order valence-corrected chi connectivity index (χ1v) is 5.52. The Morgan fingerprint density at radius 1 is 1.50 bits per heavy atom. The molecule has 0 fully saturated rings. The van der Waals surface area contributed by atoms with Gasteiger partial charge in [-0.25, -0.2) is 0 Å². The van der Waals surface area contributed by atoms with Gasteiger partial charge in [-0.2, -0.15) is 4.39 Å². The average Bonchev–Trinajstić information content (AvgIpc) is 2.43. The molecule has 14 heavy (non-hydrogen) atoms. The van der Waals surface area contributed by atoms with Gasteiger partial charge in [0.05, 0.1) is 11.5 Å². The van der Waals surface area contributed by atoms with Gasteiger partial charge >= 0.3 is 0 Å². The summed E-state index contributed by atoms with van der Waals surface area (Å²) in [6.45, 7) is 2.54. The molecular weight excluding hydrogens is 219 g/mol. The van der Waals surface area contributed by atoms with Crippen LogP contribution in [0.25, 0.3) is 10.1 Å². The van der Waals surface area contributed by atoms with E-state index in [9.17, 15) is 4.39 Å². The Bertz CT molecular complexity index is 464. The van der Waals surface area contributed by atoms with Crippen LogP contribution in [0.2, 0.25) is 0 Å². The fourth-order valence-electron chi connectivity index (χ4n) is 1.29. The van der Waals surface area contributed by atoms with E-state index in [4.69, 9.17) is 4.74 Å². The number of benzene rings is 1. The minimum atomic E-state index is -0.239. The monoisotopic (exact) mass is 228 g/mol. The molecular formula is C10H9FOS2. The number of hydrogen-bond donors (Lipinski definition) is 1. The van der Waals surface area contributed by atoms with Gasteiger partial charge in [-0.3, -0.25) is 0 Å². The zero-order valence-electron chi connectivity index (χ0n) is 7.58. The zero-order valence-corrected chi connectivity index (χ0v) is 9.29. The summed E-state index contributed by atoms with van der Waals surface area (Å²) in [7, 11) is 0. The Morgan fingerprint density at radius 3 is 3.00 bits per heavy atom. The molecule has 0 unspecified atom stereocenters. The average molecular weight is 228 g/mol. The largest absolute Gasteiger partial charge is 0.494 e. The summed E-state index contributed by atoms with van der Waals surface area (Å²) in [6.07, 6.45) is 0. The molecule has 0 bridgehead atoms. The molecule has 0 amide bonds. The van der Waals surface area contributed by atoms with Gasteiger partial charge in [-0.1, -0.05) is 0 Å². The third kappa shape index (κ3) is 1.60. The van der Waals surface area contributed by atoms with Crippen LogP contribution in [0, 0.1) is 5.13 Å². The standard InChI is InChI=1S/C10H9FOS2/c1-2-12-6-3-4-7-8(5-6)14-10(11)9(7)13/h3-5,13H,2H2,1H3. The molecule has 1 aromatic heterocycles. The molecule has 1 nitrogen and oxygen atoms in total. The first-order valence-electron chi connectivity index (χ1n) is 4.26. The topological polar surface area (TPSA) is 9.23 Å². The molecule has 2 rings (SSSR count). The van der Waals surface area contributed by atoms with E-state index in [0.29, 0.717) is 11.5 Å². The van der Waals surface area contributed by atoms with Gasteiger partial charge < -0.3 is 4.74 Å². The van der Waals surface area contributed by atoms with Crippen LogP contribution in [0.3, 0.4) is 0 Å². The van der Waals surface area contributed by atoms with Gasteiger partial charge in [0.25, 0.3) is 0 Å². The Labute approximate surface area is 90.9 Å². The van der Waals surface area contributed by atoms with Crippen LogP contribution in [-0.4, -0.2) is 6.61 Å². The molecule has 4 heteroatoms. The zero-order chi connectivity index (χ0) is 10.1. The van der Waals surface area contributed by atoms with Gasteiger partial charge in [0.2, 0.25) is 0 Å². The SMILES string of the molecule is CCOc1ccc2c(S)c(F)sc2c1. The van der Waals surface area contributed by atoms with Crippen molar-refractivity contribution in [1.29, 1.82) is 0 Å². The summed E-state index contributed by atoms with van der Waals surface area (Å²) in [5.74, 6) is 0.773. The highest BCUT2D eigenvalue weighted by Gasteiger charge is 2.08. The molecule has 0 aliphatic heterocycles. The first kappa shape index (κ1) is 9.80. The Kier molecular flexibility index (Phi) is 2.65. The molecule has 0 saturated heterocycles. The van der Waals surface area contributed by atoms with Crippen LogP contribution in [-0.2, 0) is 0 Å². The molecule has 0 radical (unpaired) electrons. The third-order valence-corrected chi connectivity index (χ3v) is 3.43. The first-order chi connectivity index (χ1) is 6.72. The van der Waals surface area contributed by atoms with E-state index in [2.05, 4.69) is 12.6 Å². The summed E-state index contributed by atoms with van der Waals surface area (Å²) in [5, 5.41) is 0.608. The second kappa shape index (κ2) is 3.79. The maximum absolute atomic E-state index is 13.2. The van der Waals surface area contributed by atoms with Crippen LogP contribution in [0.5, 0.6) is 5.75 Å². The molecule has 1 aromatic carbocycles. The van der Waals surface area contributed by atoms with E-state index < -0.39 is 0 Å². The molecule has 2 aromatic rings. The lowest BCUT2D eigenvalue weighted by atomic mass is 10.2. The summed E-state index contributed by atoms with van der Waals surface area (Å²) < 4.78 is 19.3. The lowest BCUT2D eigenvalue weighted by Crippen LogP contribution is -1.89. The molecule has 0 atom stereocenters. The maximum atomic E-state index is 13.2. The predicted molar refractivity (Wildman–Crippen MR) is 60.2 cm³/mol. The normalized spacial score (nSPS) is 10.8. The molecule has 1 heterocycles. The number of halogens is 1. The smallest absolute Gasteiger partial charge is 0.190 e. The van der Waals surface area contributed by atoms with E-state index in [0.717, 1.165) is 27.2 Å². The highest BCUT2D eigenvalue weighted by molar-refractivity contribution is 7.80. The Balaban J connectivity index is 2.56. The van der Waals surface area contributed by atoms with Crippen molar-refractivity contribution in [3.05, 3.63) is 23.3 Å². The van der Waals surface area contributed by atoms with E-state index >= 15 is 0 Å². The highest BCUT2D eigenvalue weighted by Crippen LogP contribution is 2.34. The van der Waals surface area contributed by atoms with E-state index in [1.807, 2.05) is 25.1 Å². The minimum Gasteiger partial charge on any atom is -0.494 e. The van der Waals surface area contributed by atoms with Gasteiger partial charge in [0.15, 0.2) is 5.13 Å². The van der Waals surface area contributed by atoms with Gasteiger partial charge in [-0.15, -0.1) is 24.0 Å². The van der Waals surface area contributed by atoms with E-state index in [1.165, 1.54) is 0 Å². The molecule has 0 spiro atoms. The second-order valence-corrected chi connectivity index (χ2v) is 4.26. The molecule has 0 saturated carbocycles. The van der Waals surface area contributed by atoms with Crippen LogP contribution in [0.4, 0.5) is 4.39 Å². The van der Waals surface area contributed by atoms with Gasteiger partial charge in [0, 0.05) is 10.1 Å². The summed E-state index contributed by atoms with van der Waals surface area (Å²) in [6, 6.07) is 5.51. The lowest BCUT2D eigenvalue weighted by molar-refractivity contribution is 0.341. The van der Waals surface area contributed by atoms with Crippen LogP contribution in [0.1, 0.15) is 6.92 Å². The molecule has 74 valence electrons. The third-order valence-electron chi connectivity index (χ3n) is 1.90. The lowest BCUT2D eigenvalue weighted by Gasteiger charge is -2.01. The minimum absolute atomic E-state index is 0.239. The van der Waals surface area contributed by atoms with Crippen molar-refractivity contribution in [2.24, 2.45) is 0 Å². The predicted octanol–water partition coefficient (Wildman–Crippen LogP) is 3.73. The Morgan fingerprint density at radius 2 is 2.29 bits per heavy atom. The van der Waals surface area contributed by atoms with Crippen molar-refractivity contribution < 1.29 is 9.13 Å². The van der Waals surface area contributed by atoms with E-state index in [1.54, 1.807) is 0 Å². The van der Waals surface area contributed by atoms with Crippen LogP contribution >= 0.6 is 24.0 Å². The molecule has 0 aliphatic rings. The quantitative estimate of drug-likeness (QED) is 0.771. The number of rotatable bonds is 2. The summed E-state index contributed by atoms with van der Waals surface area (Å²) in [4.78, 5) is 0.424. The van der Waals surface area contributed by atoms with Gasteiger partial charge in [0.1, 0.15) is 5.75 Å². The summed E-state index contributed by atoms with van der Waals surface area (Å²) in [5.41, 5.74) is 0. The highest BCUT2D eigenvalue weighted by atomic mass is 32.1. The number of ether oxygens (including phenoxy) is 1. The summed E-state index contributed by atoms with van der Waals surface area (Å²) >= 11 is 5.19. The number of fused-ring (bicyclic) bond motifs is 1. The van der Waals surface area contributed by atoms with Crippen molar-refractivity contribution >= 4 is 34.1 Å². The van der Waals surface area contributed by atoms with Crippen molar-refractivity contribution in [2.75, 3.05) is 6.61 Å². The fraction of sp³-hybridized carbons (Fsp3) is 0.200. The molecule has 0 N–H and O–H groups in total. The van der Waals surface area contributed by atoms with Crippen molar-refractivity contribution in [3.8, 4) is 5.75 Å². The number of thiophene rings is 1. The van der Waals surface area contributed by atoms with Gasteiger partial charge in [-0.05, 0) is 25.1 Å². The van der Waals surface area contributed by atoms with E-state index in [-0.39, 0.29) is 5.13 Å². The molecule has 0 aliphatic carbocycles. The van der Waals surface area contributed by atoms with Crippen molar-refractivity contribution in [1.82, 2.24) is 0 Å². The van der Waals surface area contributed by atoms with Crippen molar-refractivity contribution in [2.45, 2.75) is 11.8 Å². The second-order valence-electron chi connectivity index (χ2n) is 2.82. The Hall–Kier alpha value is -0.740. The van der Waals surface area contributed by atoms with Crippen LogP contribution < -0.4 is 4.74 Å².